The van der Waals surface area contributed by atoms with Crippen LogP contribution in [-0.4, -0.2) is 42.5 Å². The van der Waals surface area contributed by atoms with Gasteiger partial charge in [0.25, 0.3) is 5.91 Å². The Labute approximate surface area is 151 Å². The Bertz CT molecular complexity index is 725. The van der Waals surface area contributed by atoms with Gasteiger partial charge in [0.2, 0.25) is 5.91 Å². The van der Waals surface area contributed by atoms with Gasteiger partial charge in [-0.1, -0.05) is 12.1 Å². The Balaban J connectivity index is 1.58. The van der Waals surface area contributed by atoms with Crippen LogP contribution >= 0.6 is 11.3 Å². The molecule has 2 amide bonds. The van der Waals surface area contributed by atoms with E-state index in [1.165, 1.54) is 9.60 Å². The molecule has 7 heteroatoms. The Morgan fingerprint density at radius 1 is 1.32 bits per heavy atom. The summed E-state index contributed by atoms with van der Waals surface area (Å²) in [5.74, 6) is -0.232. The lowest BCUT2D eigenvalue weighted by molar-refractivity contribution is -0.910. The molecule has 0 saturated carbocycles. The highest BCUT2D eigenvalue weighted by Crippen LogP contribution is 2.28. The van der Waals surface area contributed by atoms with Gasteiger partial charge in [0.15, 0.2) is 11.6 Å². The van der Waals surface area contributed by atoms with E-state index in [1.54, 1.807) is 11.3 Å². The summed E-state index contributed by atoms with van der Waals surface area (Å²) in [7, 11) is 0. The lowest BCUT2D eigenvalue weighted by atomic mass is 10.2. The monoisotopic (exact) mass is 361 g/mol. The number of nitrogens with one attached hydrogen (secondary N) is 3. The van der Waals surface area contributed by atoms with Crippen LogP contribution in [0.4, 0.5) is 0 Å². The molecule has 1 fully saturated rings. The third-order valence-electron chi connectivity index (χ3n) is 4.38. The summed E-state index contributed by atoms with van der Waals surface area (Å²) in [5.41, 5.74) is 1.03. The van der Waals surface area contributed by atoms with Crippen molar-refractivity contribution < 1.29 is 14.5 Å². The Morgan fingerprint density at radius 3 is 2.88 bits per heavy atom. The number of carbonyl (C=O) groups excluding carboxylic acids is 2. The Morgan fingerprint density at radius 2 is 2.12 bits per heavy atom. The fourth-order valence-electron chi connectivity index (χ4n) is 3.28. The topological polar surface area (TPSA) is 75.5 Å². The van der Waals surface area contributed by atoms with Crippen molar-refractivity contribution in [1.29, 1.82) is 0 Å². The number of fused-ring (bicyclic) bond motifs is 1. The van der Waals surface area contributed by atoms with E-state index >= 15 is 0 Å². The average molecular weight is 361 g/mol. The van der Waals surface area contributed by atoms with Crippen molar-refractivity contribution in [2.24, 2.45) is 0 Å². The first-order valence-electron chi connectivity index (χ1n) is 8.79. The lowest BCUT2D eigenvalue weighted by Crippen LogP contribution is -3.11. The summed E-state index contributed by atoms with van der Waals surface area (Å²) in [5, 5.41) is 6.61. The van der Waals surface area contributed by atoms with E-state index < -0.39 is 0 Å². The number of rotatable bonds is 6. The molecule has 0 spiro atoms. The number of amides is 2. The van der Waals surface area contributed by atoms with E-state index in [2.05, 4.69) is 16.7 Å². The van der Waals surface area contributed by atoms with E-state index in [0.717, 1.165) is 29.9 Å². The van der Waals surface area contributed by atoms with Crippen molar-refractivity contribution in [2.75, 3.05) is 19.6 Å². The van der Waals surface area contributed by atoms with E-state index in [0.29, 0.717) is 6.54 Å². The summed E-state index contributed by atoms with van der Waals surface area (Å²) in [6, 6.07) is 8.50. The molecule has 0 aliphatic carbocycles. The van der Waals surface area contributed by atoms with E-state index in [9.17, 15) is 9.59 Å². The van der Waals surface area contributed by atoms with Crippen molar-refractivity contribution in [3.63, 3.8) is 0 Å². The van der Waals surface area contributed by atoms with E-state index in [-0.39, 0.29) is 30.4 Å². The van der Waals surface area contributed by atoms with E-state index in [4.69, 9.17) is 4.98 Å². The predicted octanol–water partition coefficient (Wildman–Crippen LogP) is 0.657. The smallest absolute Gasteiger partial charge is 0.275 e. The minimum Gasteiger partial charge on any atom is -0.352 e. The third-order valence-corrected chi connectivity index (χ3v) is 5.53. The van der Waals surface area contributed by atoms with Crippen LogP contribution in [0, 0.1) is 0 Å². The van der Waals surface area contributed by atoms with Gasteiger partial charge in [-0.05, 0) is 26.0 Å². The molecule has 2 heterocycles. The summed E-state index contributed by atoms with van der Waals surface area (Å²) in [4.78, 5) is 29.8. The number of nitrogens with zero attached hydrogens (tertiary/aromatic N) is 1. The molecule has 134 valence electrons. The molecule has 0 radical (unpaired) electrons. The molecule has 2 atom stereocenters. The van der Waals surface area contributed by atoms with Gasteiger partial charge in [-0.3, -0.25) is 9.59 Å². The Kier molecular flexibility index (Phi) is 5.65. The van der Waals surface area contributed by atoms with Crippen molar-refractivity contribution in [3.8, 4) is 0 Å². The van der Waals surface area contributed by atoms with Gasteiger partial charge >= 0.3 is 0 Å². The molecule has 1 aromatic heterocycles. The normalized spacial score (nSPS) is 20.1. The van der Waals surface area contributed by atoms with Crippen molar-refractivity contribution in [3.05, 3.63) is 29.3 Å². The lowest BCUT2D eigenvalue weighted by Gasteiger charge is -2.19. The number of quaternary nitrogens is 1. The van der Waals surface area contributed by atoms with Crippen LogP contribution in [0.15, 0.2) is 24.3 Å². The molecule has 1 aromatic carbocycles. The maximum atomic E-state index is 12.2. The van der Waals surface area contributed by atoms with Crippen LogP contribution in [0.3, 0.4) is 0 Å². The maximum Gasteiger partial charge on any atom is 0.275 e. The molecule has 25 heavy (non-hydrogen) atoms. The number of carbonyl (C=O) groups is 2. The number of aromatic nitrogens is 1. The zero-order valence-corrected chi connectivity index (χ0v) is 15.5. The molecule has 3 N–H and O–H groups in total. The summed E-state index contributed by atoms with van der Waals surface area (Å²) in [6.45, 7) is 5.19. The van der Waals surface area contributed by atoms with Gasteiger partial charge in [0.1, 0.15) is 6.04 Å². The highest BCUT2D eigenvalue weighted by Gasteiger charge is 2.34. The average Bonchev–Trinajstić information content (AvgIpc) is 3.18. The zero-order valence-electron chi connectivity index (χ0n) is 14.7. The molecule has 0 bridgehead atoms. The minimum absolute atomic E-state index is 0.0378. The second kappa shape index (κ2) is 7.93. The van der Waals surface area contributed by atoms with Crippen LogP contribution in [0.25, 0.3) is 10.2 Å². The highest BCUT2D eigenvalue weighted by molar-refractivity contribution is 7.18. The van der Waals surface area contributed by atoms with Crippen LogP contribution < -0.4 is 15.5 Å². The fraction of sp³-hybridized carbons (Fsp3) is 0.500. The second-order valence-electron chi connectivity index (χ2n) is 6.80. The number of benzene rings is 1. The van der Waals surface area contributed by atoms with Gasteiger partial charge in [0, 0.05) is 18.9 Å². The van der Waals surface area contributed by atoms with Crippen LogP contribution in [-0.2, 0) is 9.59 Å². The molecule has 1 aliphatic heterocycles. The van der Waals surface area contributed by atoms with Gasteiger partial charge in [-0.25, -0.2) is 4.98 Å². The number of hydrogen-bond acceptors (Lipinski definition) is 4. The molecule has 1 aliphatic rings. The first kappa shape index (κ1) is 17.8. The molecule has 2 aromatic rings. The number of likely N-dealkylation sites (tertiary alicyclic amines) is 1. The third kappa shape index (κ3) is 4.55. The second-order valence-corrected chi connectivity index (χ2v) is 7.86. The van der Waals surface area contributed by atoms with Crippen molar-refractivity contribution >= 4 is 33.4 Å². The molecule has 1 unspecified atom stereocenters. The van der Waals surface area contributed by atoms with Gasteiger partial charge in [-0.2, -0.15) is 0 Å². The van der Waals surface area contributed by atoms with E-state index in [1.807, 2.05) is 32.0 Å². The predicted molar refractivity (Wildman–Crippen MR) is 98.6 cm³/mol. The Hall–Kier alpha value is -1.99. The highest BCUT2D eigenvalue weighted by atomic mass is 32.1. The number of hydrogen-bond donors (Lipinski definition) is 3. The van der Waals surface area contributed by atoms with Crippen LogP contribution in [0.2, 0.25) is 0 Å². The molecule has 3 rings (SSSR count). The minimum atomic E-state index is -0.150. The first-order chi connectivity index (χ1) is 12.0. The molecular weight excluding hydrogens is 336 g/mol. The summed E-state index contributed by atoms with van der Waals surface area (Å²) < 4.78 is 1.19. The fourth-order valence-corrected chi connectivity index (χ4v) is 4.44. The molecular formula is C18H25N4O2S+. The van der Waals surface area contributed by atoms with Gasteiger partial charge < -0.3 is 15.5 Å². The van der Waals surface area contributed by atoms with Crippen LogP contribution in [0.5, 0.6) is 0 Å². The van der Waals surface area contributed by atoms with Gasteiger partial charge in [-0.15, -0.1) is 11.3 Å². The quantitative estimate of drug-likeness (QED) is 0.707. The molecule has 6 nitrogen and oxygen atoms in total. The zero-order chi connectivity index (χ0) is 17.8. The largest absolute Gasteiger partial charge is 0.352 e. The standard InChI is InChI=1S/C18H24N4O2S/c1-12(2)20-16(23)10-19-17(24)11-22-9-5-7-14(22)18-21-13-6-3-4-8-15(13)25-18/h3-4,6,8,12,14H,5,7,9-11H2,1-2H3,(H,19,24)(H,20,23)/p+1/t14-/m0/s1. The SMILES string of the molecule is CC(C)NC(=O)CNC(=O)C[NH+]1CCC[C@H]1c1nc2ccccc2s1. The summed E-state index contributed by atoms with van der Waals surface area (Å²) >= 11 is 1.72. The molecule has 1 saturated heterocycles. The maximum absolute atomic E-state index is 12.2. The van der Waals surface area contributed by atoms with Crippen molar-refractivity contribution in [2.45, 2.75) is 38.8 Å². The first-order valence-corrected chi connectivity index (χ1v) is 9.60. The van der Waals surface area contributed by atoms with Crippen LogP contribution in [0.1, 0.15) is 37.7 Å². The number of para-hydroxylation sites is 1. The van der Waals surface area contributed by atoms with Crippen molar-refractivity contribution in [1.82, 2.24) is 15.6 Å². The summed E-state index contributed by atoms with van der Waals surface area (Å²) in [6.07, 6.45) is 2.15. The van der Waals surface area contributed by atoms with Gasteiger partial charge in [0.05, 0.1) is 23.3 Å². The number of thiazole rings is 1.